The second-order valence-electron chi connectivity index (χ2n) is 10.8. The van der Waals surface area contributed by atoms with Crippen molar-refractivity contribution >= 4 is 34.4 Å². The highest BCUT2D eigenvalue weighted by Crippen LogP contribution is 2.23. The van der Waals surface area contributed by atoms with Crippen LogP contribution in [0.25, 0.3) is 10.8 Å². The fourth-order valence-corrected chi connectivity index (χ4v) is 4.24. The smallest absolute Gasteiger partial charge is 0.407 e. The largest absolute Gasteiger partial charge is 0.457 e. The Kier molecular flexibility index (Phi) is 8.17. The molecule has 0 radical (unpaired) electrons. The van der Waals surface area contributed by atoms with Gasteiger partial charge in [-0.15, -0.1) is 0 Å². The predicted molar refractivity (Wildman–Crippen MR) is 159 cm³/mol. The lowest BCUT2D eigenvalue weighted by molar-refractivity contribution is -0.117. The van der Waals surface area contributed by atoms with Crippen LogP contribution in [0.4, 0.5) is 10.5 Å². The van der Waals surface area contributed by atoms with Crippen LogP contribution in [-0.2, 0) is 20.8 Å². The Morgan fingerprint density at radius 3 is 2.41 bits per heavy atom. The molecular weight excluding hydrogens is 518 g/mol. The molecule has 8 heteroatoms. The highest BCUT2D eigenvalue weighted by molar-refractivity contribution is 5.98. The molecule has 8 nitrogen and oxygen atoms in total. The Morgan fingerprint density at radius 2 is 1.71 bits per heavy atom. The summed E-state index contributed by atoms with van der Waals surface area (Å²) in [4.78, 5) is 42.8. The van der Waals surface area contributed by atoms with Crippen LogP contribution < -0.4 is 10.6 Å². The summed E-state index contributed by atoms with van der Waals surface area (Å²) in [6.45, 7) is 6.38. The Morgan fingerprint density at radius 1 is 0.951 bits per heavy atom. The summed E-state index contributed by atoms with van der Waals surface area (Å²) in [5.74, 6) is -2.02. The average Bonchev–Trinajstić information content (AvgIpc) is 2.92. The first kappa shape index (κ1) is 26.5. The van der Waals surface area contributed by atoms with Crippen LogP contribution >= 0.6 is 0 Å². The lowest BCUT2D eigenvalue weighted by Gasteiger charge is -2.22. The Labute approximate surface area is 242 Å². The predicted octanol–water partition coefficient (Wildman–Crippen LogP) is 6.46. The van der Waals surface area contributed by atoms with Crippen molar-refractivity contribution in [1.29, 1.82) is 0 Å². The summed E-state index contributed by atoms with van der Waals surface area (Å²) in [5, 5.41) is 7.39. The molecule has 1 aromatic heterocycles. The zero-order valence-corrected chi connectivity index (χ0v) is 23.8. The highest BCUT2D eigenvalue weighted by atomic mass is 16.6. The van der Waals surface area contributed by atoms with Gasteiger partial charge in [-0.3, -0.25) is 9.78 Å². The number of anilines is 1. The standard InChI is InChI=1S/C33H35N3O5/c1-21-6-13-28(22(2)16-21)31(38)40-20-23-7-9-24(10-8-23)29(19-35-32(39)41-33(3,4)5)30(37)36-27-12-11-26-18-34-15-14-25(26)17-27/h6-18,29H,19-20H2,1-5H3,(H,35,39)(H,36,37)/i20D2. The number of esters is 1. The number of hydrogen-bond donors (Lipinski definition) is 2. The number of alkyl carbamates (subject to hydrolysis) is 1. The van der Waals surface area contributed by atoms with Crippen LogP contribution in [0.15, 0.2) is 79.1 Å². The second-order valence-corrected chi connectivity index (χ2v) is 10.8. The number of aryl methyl sites for hydroxylation is 2. The van der Waals surface area contributed by atoms with Crippen molar-refractivity contribution in [3.8, 4) is 0 Å². The minimum Gasteiger partial charge on any atom is -0.457 e. The molecule has 0 aliphatic rings. The summed E-state index contributed by atoms with van der Waals surface area (Å²) in [6.07, 6.45) is 2.73. The molecule has 0 aliphatic carbocycles. The van der Waals surface area contributed by atoms with Crippen molar-refractivity contribution in [2.45, 2.75) is 52.7 Å². The van der Waals surface area contributed by atoms with Crippen molar-refractivity contribution in [1.82, 2.24) is 10.3 Å². The first-order chi connectivity index (χ1) is 20.2. The molecule has 0 saturated carbocycles. The third kappa shape index (κ3) is 8.14. The number of nitrogens with zero attached hydrogens (tertiary/aromatic N) is 1. The van der Waals surface area contributed by atoms with Gasteiger partial charge >= 0.3 is 12.1 Å². The van der Waals surface area contributed by atoms with Crippen LogP contribution in [-0.4, -0.2) is 35.1 Å². The molecule has 3 aromatic carbocycles. The maximum atomic E-state index is 13.5. The van der Waals surface area contributed by atoms with Gasteiger partial charge in [0.2, 0.25) is 5.91 Å². The summed E-state index contributed by atoms with van der Waals surface area (Å²) in [5.41, 5.74) is 2.40. The van der Waals surface area contributed by atoms with Gasteiger partial charge in [-0.2, -0.15) is 0 Å². The molecule has 0 spiro atoms. The molecule has 1 heterocycles. The number of carbonyl (C=O) groups excluding carboxylic acids is 3. The normalized spacial score (nSPS) is 13.0. The Hall–Kier alpha value is -4.72. The third-order valence-corrected chi connectivity index (χ3v) is 6.25. The van der Waals surface area contributed by atoms with Crippen molar-refractivity contribution in [2.75, 3.05) is 11.9 Å². The molecule has 41 heavy (non-hydrogen) atoms. The maximum Gasteiger partial charge on any atom is 0.407 e. The first-order valence-electron chi connectivity index (χ1n) is 14.2. The van der Waals surface area contributed by atoms with Crippen molar-refractivity contribution < 1.29 is 26.6 Å². The van der Waals surface area contributed by atoms with Crippen LogP contribution in [0.1, 0.15) is 62.0 Å². The van der Waals surface area contributed by atoms with Crippen molar-refractivity contribution in [2.24, 2.45) is 0 Å². The summed E-state index contributed by atoms with van der Waals surface area (Å²) in [6, 6.07) is 18.6. The highest BCUT2D eigenvalue weighted by Gasteiger charge is 2.24. The molecule has 2 N–H and O–H groups in total. The van der Waals surface area contributed by atoms with Gasteiger partial charge in [-0.25, -0.2) is 9.59 Å². The first-order valence-corrected chi connectivity index (χ1v) is 13.2. The summed E-state index contributed by atoms with van der Waals surface area (Å²) < 4.78 is 27.4. The number of fused-ring (bicyclic) bond motifs is 1. The van der Waals surface area contributed by atoms with Gasteiger partial charge in [-0.05, 0) is 81.0 Å². The van der Waals surface area contributed by atoms with Crippen LogP contribution in [0, 0.1) is 13.8 Å². The zero-order chi connectivity index (χ0) is 31.4. The van der Waals surface area contributed by atoms with E-state index in [1.54, 1.807) is 70.4 Å². The van der Waals surface area contributed by atoms with E-state index in [4.69, 9.17) is 12.2 Å². The third-order valence-electron chi connectivity index (χ3n) is 6.25. The van der Waals surface area contributed by atoms with E-state index >= 15 is 0 Å². The van der Waals surface area contributed by atoms with Crippen LogP contribution in [0.5, 0.6) is 0 Å². The second kappa shape index (κ2) is 12.6. The van der Waals surface area contributed by atoms with E-state index in [-0.39, 0.29) is 23.6 Å². The fourth-order valence-electron chi connectivity index (χ4n) is 4.24. The Bertz CT molecular complexity index is 1650. The number of nitrogens with one attached hydrogen (secondary N) is 2. The molecule has 1 unspecified atom stereocenters. The van der Waals surface area contributed by atoms with E-state index in [9.17, 15) is 14.4 Å². The van der Waals surface area contributed by atoms with Crippen molar-refractivity contribution in [3.63, 3.8) is 0 Å². The zero-order valence-electron chi connectivity index (χ0n) is 25.8. The topological polar surface area (TPSA) is 107 Å². The lowest BCUT2D eigenvalue weighted by Crippen LogP contribution is -2.37. The minimum absolute atomic E-state index is 0.0772. The van der Waals surface area contributed by atoms with Gasteiger partial charge in [0.1, 0.15) is 12.2 Å². The number of benzene rings is 3. The average molecular weight is 556 g/mol. The lowest BCUT2D eigenvalue weighted by atomic mass is 9.96. The summed E-state index contributed by atoms with van der Waals surface area (Å²) in [7, 11) is 0. The number of hydrogen-bond acceptors (Lipinski definition) is 6. The van der Waals surface area contributed by atoms with Gasteiger partial charge in [0, 0.05) is 30.0 Å². The van der Waals surface area contributed by atoms with E-state index in [0.717, 1.165) is 16.3 Å². The summed E-state index contributed by atoms with van der Waals surface area (Å²) >= 11 is 0. The number of carbonyl (C=O) groups is 3. The van der Waals surface area contributed by atoms with E-state index in [2.05, 4.69) is 15.6 Å². The van der Waals surface area contributed by atoms with Gasteiger partial charge < -0.3 is 20.1 Å². The van der Waals surface area contributed by atoms with Gasteiger partial charge in [0.05, 0.1) is 14.2 Å². The van der Waals surface area contributed by atoms with Crippen LogP contribution in [0.3, 0.4) is 0 Å². The number of rotatable bonds is 8. The number of amides is 2. The van der Waals surface area contributed by atoms with E-state index in [1.165, 1.54) is 12.1 Å². The van der Waals surface area contributed by atoms with Gasteiger partial charge in [0.15, 0.2) is 0 Å². The molecule has 4 aromatic rings. The van der Waals surface area contributed by atoms with Crippen LogP contribution in [0.2, 0.25) is 0 Å². The number of aromatic nitrogens is 1. The molecule has 0 bridgehead atoms. The molecule has 1 atom stereocenters. The molecule has 212 valence electrons. The van der Waals surface area contributed by atoms with Gasteiger partial charge in [-0.1, -0.05) is 48.0 Å². The van der Waals surface area contributed by atoms with E-state index in [0.29, 0.717) is 16.8 Å². The minimum atomic E-state index is -2.43. The van der Waals surface area contributed by atoms with E-state index < -0.39 is 30.1 Å². The Balaban J connectivity index is 1.55. The molecule has 0 fully saturated rings. The quantitative estimate of drug-likeness (QED) is 0.242. The fraction of sp³-hybridized carbons (Fsp3) is 0.273. The SMILES string of the molecule is [2H]C([2H])(OC(=O)c1ccc(C)cc1C)c1ccc(C(CNC(=O)OC(C)(C)C)C(=O)Nc2ccc3cnccc3c2)cc1. The number of ether oxygens (including phenoxy) is 2. The molecule has 2 amide bonds. The maximum absolute atomic E-state index is 13.5. The molecular formula is C33H35N3O5. The van der Waals surface area contributed by atoms with Gasteiger partial charge in [0.25, 0.3) is 0 Å². The molecule has 4 rings (SSSR count). The van der Waals surface area contributed by atoms with E-state index in [1.807, 2.05) is 31.2 Å². The number of pyridine rings is 1. The molecule has 0 aliphatic heterocycles. The molecule has 0 saturated heterocycles. The monoisotopic (exact) mass is 555 g/mol. The van der Waals surface area contributed by atoms with Crippen molar-refractivity contribution in [3.05, 3.63) is 107 Å².